The Morgan fingerprint density at radius 2 is 2.25 bits per heavy atom. The van der Waals surface area contributed by atoms with Crippen LogP contribution in [0.2, 0.25) is 0 Å². The van der Waals surface area contributed by atoms with E-state index in [0.29, 0.717) is 18.5 Å². The summed E-state index contributed by atoms with van der Waals surface area (Å²) in [5, 5.41) is 10.0. The maximum Gasteiger partial charge on any atom is 0.226 e. The number of nitrogens with one attached hydrogen (secondary N) is 2. The highest BCUT2D eigenvalue weighted by Crippen LogP contribution is 2.38. The van der Waals surface area contributed by atoms with Gasteiger partial charge in [0.2, 0.25) is 5.91 Å². The number of H-pyrrole nitrogens is 1. The zero-order valence-electron chi connectivity index (χ0n) is 12.3. The summed E-state index contributed by atoms with van der Waals surface area (Å²) >= 11 is 0. The van der Waals surface area contributed by atoms with Crippen LogP contribution in [0, 0.1) is 5.92 Å². The average molecular weight is 278 g/mol. The predicted molar refractivity (Wildman–Crippen MR) is 72.9 cm³/mol. The van der Waals surface area contributed by atoms with Crippen LogP contribution in [0.15, 0.2) is 0 Å². The average Bonchev–Trinajstić information content (AvgIpc) is 3.10. The lowest BCUT2D eigenvalue weighted by Gasteiger charge is -2.17. The monoisotopic (exact) mass is 278 g/mol. The van der Waals surface area contributed by atoms with Crippen molar-refractivity contribution in [2.45, 2.75) is 64.2 Å². The topological polar surface area (TPSA) is 79.9 Å². The van der Waals surface area contributed by atoms with Crippen molar-refractivity contribution < 1.29 is 9.53 Å². The minimum atomic E-state index is -0.0861. The van der Waals surface area contributed by atoms with Crippen LogP contribution in [0.3, 0.4) is 0 Å². The number of fused-ring (bicyclic) bond motifs is 2. The van der Waals surface area contributed by atoms with Crippen LogP contribution in [-0.2, 0) is 21.5 Å². The molecule has 0 radical (unpaired) electrons. The first-order valence-electron chi connectivity index (χ1n) is 7.28. The highest BCUT2D eigenvalue weighted by Gasteiger charge is 2.44. The molecule has 2 aliphatic rings. The maximum atomic E-state index is 12.2. The van der Waals surface area contributed by atoms with Gasteiger partial charge in [-0.3, -0.25) is 9.89 Å². The van der Waals surface area contributed by atoms with Gasteiger partial charge in [-0.15, -0.1) is 0 Å². The highest BCUT2D eigenvalue weighted by atomic mass is 16.5. The second-order valence-corrected chi connectivity index (χ2v) is 6.79. The Labute approximate surface area is 118 Å². The van der Waals surface area contributed by atoms with Gasteiger partial charge in [0.25, 0.3) is 0 Å². The fourth-order valence-electron chi connectivity index (χ4n) is 2.93. The van der Waals surface area contributed by atoms with Gasteiger partial charge in [-0.25, -0.2) is 4.98 Å². The van der Waals surface area contributed by atoms with Crippen LogP contribution in [0.4, 0.5) is 0 Å². The lowest BCUT2D eigenvalue weighted by atomic mass is 9.88. The van der Waals surface area contributed by atoms with Crippen LogP contribution in [0.25, 0.3) is 0 Å². The molecule has 2 saturated heterocycles. The fourth-order valence-corrected chi connectivity index (χ4v) is 2.93. The summed E-state index contributed by atoms with van der Waals surface area (Å²) in [5.74, 6) is 1.56. The largest absolute Gasteiger partial charge is 0.374 e. The van der Waals surface area contributed by atoms with E-state index in [1.165, 1.54) is 0 Å². The number of aromatic nitrogens is 3. The molecule has 0 unspecified atom stereocenters. The van der Waals surface area contributed by atoms with Crippen LogP contribution < -0.4 is 5.32 Å². The van der Waals surface area contributed by atoms with Crippen molar-refractivity contribution in [1.29, 1.82) is 0 Å². The number of rotatable bonds is 3. The first kappa shape index (κ1) is 13.5. The highest BCUT2D eigenvalue weighted by molar-refractivity contribution is 5.79. The second-order valence-electron chi connectivity index (χ2n) is 6.79. The summed E-state index contributed by atoms with van der Waals surface area (Å²) in [6, 6.07) is 0. The molecule has 2 N–H and O–H groups in total. The van der Waals surface area contributed by atoms with Gasteiger partial charge in [-0.05, 0) is 19.3 Å². The van der Waals surface area contributed by atoms with Crippen molar-refractivity contribution in [3.05, 3.63) is 11.6 Å². The van der Waals surface area contributed by atoms with Crippen molar-refractivity contribution in [3.8, 4) is 0 Å². The van der Waals surface area contributed by atoms with Gasteiger partial charge in [0, 0.05) is 5.41 Å². The van der Waals surface area contributed by atoms with Crippen molar-refractivity contribution in [3.63, 3.8) is 0 Å². The summed E-state index contributed by atoms with van der Waals surface area (Å²) in [4.78, 5) is 16.6. The normalized spacial score (nSPS) is 28.9. The van der Waals surface area contributed by atoms with Gasteiger partial charge in [-0.2, -0.15) is 5.10 Å². The number of carbonyl (C=O) groups excluding carboxylic acids is 1. The van der Waals surface area contributed by atoms with Crippen molar-refractivity contribution in [2.24, 2.45) is 5.92 Å². The molecule has 3 atom stereocenters. The number of hydrogen-bond acceptors (Lipinski definition) is 4. The third kappa shape index (κ3) is 2.57. The van der Waals surface area contributed by atoms with E-state index in [4.69, 9.17) is 4.74 Å². The SMILES string of the molecule is CC(C)(C)c1n[nH]c(CNC(=O)[C@@H]2C[C@H]3CC[C@@H]2O3)n1. The third-order valence-electron chi connectivity index (χ3n) is 4.08. The second kappa shape index (κ2) is 4.84. The predicted octanol–water partition coefficient (Wildman–Crippen LogP) is 1.29. The van der Waals surface area contributed by atoms with Gasteiger partial charge >= 0.3 is 0 Å². The van der Waals surface area contributed by atoms with Crippen LogP contribution >= 0.6 is 0 Å². The molecule has 0 saturated carbocycles. The summed E-state index contributed by atoms with van der Waals surface area (Å²) < 4.78 is 5.71. The van der Waals surface area contributed by atoms with Crippen LogP contribution in [0.1, 0.15) is 51.7 Å². The van der Waals surface area contributed by atoms with E-state index in [-0.39, 0.29) is 23.3 Å². The number of aromatic amines is 1. The number of amides is 1. The Morgan fingerprint density at radius 3 is 2.80 bits per heavy atom. The van der Waals surface area contributed by atoms with Gasteiger partial charge < -0.3 is 10.1 Å². The molecule has 3 heterocycles. The summed E-state index contributed by atoms with van der Waals surface area (Å²) in [6.45, 7) is 6.58. The standard InChI is InChI=1S/C14H22N4O2/c1-14(2,3)13-16-11(17-18-13)7-15-12(19)9-6-8-4-5-10(9)20-8/h8-10H,4-7H2,1-3H3,(H,15,19)(H,16,17,18)/t8-,9-,10+/m1/s1. The Morgan fingerprint density at radius 1 is 1.45 bits per heavy atom. The molecule has 0 aromatic carbocycles. The maximum absolute atomic E-state index is 12.2. The first-order chi connectivity index (χ1) is 9.43. The quantitative estimate of drug-likeness (QED) is 0.873. The fraction of sp³-hybridized carbons (Fsp3) is 0.786. The molecular weight excluding hydrogens is 256 g/mol. The molecule has 0 aliphatic carbocycles. The van der Waals surface area contributed by atoms with Gasteiger partial charge in [0.05, 0.1) is 24.7 Å². The molecule has 6 nitrogen and oxygen atoms in total. The smallest absolute Gasteiger partial charge is 0.226 e. The first-order valence-corrected chi connectivity index (χ1v) is 7.28. The van der Waals surface area contributed by atoms with Crippen LogP contribution in [0.5, 0.6) is 0 Å². The van der Waals surface area contributed by atoms with E-state index < -0.39 is 0 Å². The van der Waals surface area contributed by atoms with Crippen molar-refractivity contribution in [2.75, 3.05) is 0 Å². The van der Waals surface area contributed by atoms with E-state index in [1.54, 1.807) is 0 Å². The molecule has 20 heavy (non-hydrogen) atoms. The molecule has 3 rings (SSSR count). The van der Waals surface area contributed by atoms with Gasteiger partial charge in [-0.1, -0.05) is 20.8 Å². The van der Waals surface area contributed by atoms with E-state index in [9.17, 15) is 4.79 Å². The zero-order valence-corrected chi connectivity index (χ0v) is 12.3. The van der Waals surface area contributed by atoms with E-state index in [1.807, 2.05) is 0 Å². The molecular formula is C14H22N4O2. The Kier molecular flexibility index (Phi) is 3.28. The molecule has 1 aromatic rings. The molecule has 2 bridgehead atoms. The minimum Gasteiger partial charge on any atom is -0.374 e. The number of hydrogen-bond donors (Lipinski definition) is 2. The lowest BCUT2D eigenvalue weighted by molar-refractivity contribution is -0.126. The van der Waals surface area contributed by atoms with E-state index >= 15 is 0 Å². The van der Waals surface area contributed by atoms with Gasteiger partial charge in [0.15, 0.2) is 5.82 Å². The number of ether oxygens (including phenoxy) is 1. The van der Waals surface area contributed by atoms with Crippen molar-refractivity contribution in [1.82, 2.24) is 20.5 Å². The summed E-state index contributed by atoms with van der Waals surface area (Å²) in [6.07, 6.45) is 3.40. The molecule has 110 valence electrons. The summed E-state index contributed by atoms with van der Waals surface area (Å²) in [5.41, 5.74) is -0.0861. The lowest BCUT2D eigenvalue weighted by Crippen LogP contribution is -2.35. The number of carbonyl (C=O) groups is 1. The molecule has 1 aromatic heterocycles. The van der Waals surface area contributed by atoms with E-state index in [2.05, 4.69) is 41.3 Å². The molecule has 2 aliphatic heterocycles. The third-order valence-corrected chi connectivity index (χ3v) is 4.08. The Balaban J connectivity index is 1.54. The van der Waals surface area contributed by atoms with Gasteiger partial charge in [0.1, 0.15) is 5.82 Å². The summed E-state index contributed by atoms with van der Waals surface area (Å²) in [7, 11) is 0. The molecule has 1 amide bonds. The van der Waals surface area contributed by atoms with Crippen molar-refractivity contribution >= 4 is 5.91 Å². The number of nitrogens with zero attached hydrogens (tertiary/aromatic N) is 2. The zero-order chi connectivity index (χ0) is 14.3. The molecule has 6 heteroatoms. The van der Waals surface area contributed by atoms with Crippen LogP contribution in [-0.4, -0.2) is 33.3 Å². The Hall–Kier alpha value is -1.43. The molecule has 0 spiro atoms. The molecule has 2 fully saturated rings. The van der Waals surface area contributed by atoms with E-state index in [0.717, 1.165) is 25.1 Å². The minimum absolute atomic E-state index is 0.0127. The Bertz CT molecular complexity index is 506.